The van der Waals surface area contributed by atoms with Gasteiger partial charge < -0.3 is 30.1 Å². The number of aromatic nitrogens is 4. The van der Waals surface area contributed by atoms with Gasteiger partial charge in [-0.1, -0.05) is 0 Å². The highest BCUT2D eigenvalue weighted by atomic mass is 16.6. The van der Waals surface area contributed by atoms with Crippen LogP contribution in [0.4, 0.5) is 5.82 Å². The van der Waals surface area contributed by atoms with Gasteiger partial charge in [-0.05, 0) is 24.3 Å². The lowest BCUT2D eigenvalue weighted by Crippen LogP contribution is -2.33. The molecule has 3 aromatic rings. The lowest BCUT2D eigenvalue weighted by atomic mass is 10.1. The topological polar surface area (TPSA) is 152 Å². The van der Waals surface area contributed by atoms with Crippen LogP contribution in [-0.4, -0.2) is 72.8 Å². The molecule has 11 heteroatoms. The predicted molar refractivity (Wildman–Crippen MR) is 99.3 cm³/mol. The maximum absolute atomic E-state index is 12.5. The van der Waals surface area contributed by atoms with Crippen LogP contribution in [0.25, 0.3) is 11.2 Å². The SMILES string of the molecule is COc1ccc(C(=O)Nc2ncnc3c2ncn3C2OC(CO)C(O)C2O)cc1. The number of ether oxygens (including phenoxy) is 2. The standard InChI is InChI=1S/C18H19N5O6/c1-28-10-4-2-9(3-5-10)17(27)22-15-12-16(20-7-19-15)23(8-21-12)18-14(26)13(25)11(6-24)29-18/h2-5,7-8,11,13-14,18,24-26H,6H2,1H3,(H,19,20,22,27). The molecule has 0 aliphatic carbocycles. The van der Waals surface area contributed by atoms with Crippen molar-refractivity contribution in [3.63, 3.8) is 0 Å². The Hall–Kier alpha value is -3.12. The van der Waals surface area contributed by atoms with Crippen molar-refractivity contribution in [2.75, 3.05) is 19.0 Å². The van der Waals surface area contributed by atoms with Gasteiger partial charge in [-0.25, -0.2) is 15.0 Å². The fourth-order valence-corrected chi connectivity index (χ4v) is 3.16. The largest absolute Gasteiger partial charge is 0.497 e. The Morgan fingerprint density at radius 2 is 1.97 bits per heavy atom. The lowest BCUT2D eigenvalue weighted by molar-refractivity contribution is -0.0511. The Morgan fingerprint density at radius 3 is 2.62 bits per heavy atom. The van der Waals surface area contributed by atoms with Gasteiger partial charge in [0, 0.05) is 5.56 Å². The first-order chi connectivity index (χ1) is 14.0. The number of carbonyl (C=O) groups excluding carboxylic acids is 1. The molecule has 11 nitrogen and oxygen atoms in total. The number of imidazole rings is 1. The second kappa shape index (κ2) is 7.72. The van der Waals surface area contributed by atoms with E-state index in [2.05, 4.69) is 20.3 Å². The zero-order valence-electron chi connectivity index (χ0n) is 15.3. The molecule has 0 spiro atoms. The van der Waals surface area contributed by atoms with Crippen molar-refractivity contribution in [1.82, 2.24) is 19.5 Å². The number of hydrogen-bond donors (Lipinski definition) is 4. The van der Waals surface area contributed by atoms with E-state index in [-0.39, 0.29) is 11.3 Å². The molecule has 152 valence electrons. The number of carbonyl (C=O) groups is 1. The molecule has 1 aromatic carbocycles. The highest BCUT2D eigenvalue weighted by molar-refractivity contribution is 6.06. The highest BCUT2D eigenvalue weighted by Gasteiger charge is 2.44. The van der Waals surface area contributed by atoms with E-state index in [4.69, 9.17) is 9.47 Å². The molecule has 4 rings (SSSR count). The average Bonchev–Trinajstić information content (AvgIpc) is 3.30. The molecule has 3 heterocycles. The number of anilines is 1. The van der Waals surface area contributed by atoms with Crippen LogP contribution in [0.3, 0.4) is 0 Å². The summed E-state index contributed by atoms with van der Waals surface area (Å²) in [6, 6.07) is 6.57. The minimum Gasteiger partial charge on any atom is -0.497 e. The lowest BCUT2D eigenvalue weighted by Gasteiger charge is -2.16. The second-order valence-electron chi connectivity index (χ2n) is 6.46. The third kappa shape index (κ3) is 3.40. The minimum absolute atomic E-state index is 0.182. The fourth-order valence-electron chi connectivity index (χ4n) is 3.16. The zero-order valence-corrected chi connectivity index (χ0v) is 15.3. The maximum Gasteiger partial charge on any atom is 0.256 e. The van der Waals surface area contributed by atoms with Gasteiger partial charge in [0.1, 0.15) is 30.4 Å². The first-order valence-electron chi connectivity index (χ1n) is 8.79. The fraction of sp³-hybridized carbons (Fsp3) is 0.333. The monoisotopic (exact) mass is 401 g/mol. The Morgan fingerprint density at radius 1 is 1.21 bits per heavy atom. The first kappa shape index (κ1) is 19.2. The van der Waals surface area contributed by atoms with Crippen LogP contribution in [0.15, 0.2) is 36.9 Å². The molecule has 29 heavy (non-hydrogen) atoms. The normalized spacial score (nSPS) is 24.0. The van der Waals surface area contributed by atoms with E-state index in [1.807, 2.05) is 0 Å². The maximum atomic E-state index is 12.5. The summed E-state index contributed by atoms with van der Waals surface area (Å²) in [5.74, 6) is 0.416. The number of aliphatic hydroxyl groups is 3. The summed E-state index contributed by atoms with van der Waals surface area (Å²) in [7, 11) is 1.54. The molecule has 0 bridgehead atoms. The van der Waals surface area contributed by atoms with Crippen molar-refractivity contribution in [3.05, 3.63) is 42.5 Å². The van der Waals surface area contributed by atoms with Crippen LogP contribution in [0.5, 0.6) is 5.75 Å². The van der Waals surface area contributed by atoms with Gasteiger partial charge in [0.2, 0.25) is 0 Å². The number of fused-ring (bicyclic) bond motifs is 1. The van der Waals surface area contributed by atoms with E-state index in [0.717, 1.165) is 0 Å². The van der Waals surface area contributed by atoms with E-state index < -0.39 is 37.1 Å². The van der Waals surface area contributed by atoms with Gasteiger partial charge in [0.05, 0.1) is 20.0 Å². The van der Waals surface area contributed by atoms with Crippen molar-refractivity contribution < 1.29 is 29.6 Å². The highest BCUT2D eigenvalue weighted by Crippen LogP contribution is 2.32. The molecule has 1 amide bonds. The second-order valence-corrected chi connectivity index (χ2v) is 6.46. The van der Waals surface area contributed by atoms with E-state index in [0.29, 0.717) is 17.0 Å². The number of hydrogen-bond acceptors (Lipinski definition) is 9. The van der Waals surface area contributed by atoms with Crippen molar-refractivity contribution >= 4 is 22.9 Å². The van der Waals surface area contributed by atoms with Crippen molar-refractivity contribution in [3.8, 4) is 5.75 Å². The van der Waals surface area contributed by atoms with Gasteiger partial charge in [0.15, 0.2) is 23.2 Å². The number of nitrogens with one attached hydrogen (secondary N) is 1. The molecular weight excluding hydrogens is 382 g/mol. The van der Waals surface area contributed by atoms with Crippen molar-refractivity contribution in [2.24, 2.45) is 0 Å². The molecule has 4 unspecified atom stereocenters. The van der Waals surface area contributed by atoms with Gasteiger partial charge in [-0.15, -0.1) is 0 Å². The number of benzene rings is 1. The number of methoxy groups -OCH3 is 1. The molecule has 0 saturated carbocycles. The molecule has 2 aromatic heterocycles. The molecular formula is C18H19N5O6. The zero-order chi connectivity index (χ0) is 20.5. The van der Waals surface area contributed by atoms with Crippen LogP contribution in [0.2, 0.25) is 0 Å². The van der Waals surface area contributed by atoms with E-state index in [1.54, 1.807) is 24.3 Å². The van der Waals surface area contributed by atoms with Crippen molar-refractivity contribution in [1.29, 1.82) is 0 Å². The Kier molecular flexibility index (Phi) is 5.11. The molecule has 4 atom stereocenters. The van der Waals surface area contributed by atoms with Crippen LogP contribution >= 0.6 is 0 Å². The summed E-state index contributed by atoms with van der Waals surface area (Å²) in [4.78, 5) is 25.0. The molecule has 1 aliphatic heterocycles. The summed E-state index contributed by atoms with van der Waals surface area (Å²) in [5, 5.41) is 32.2. The quantitative estimate of drug-likeness (QED) is 0.451. The molecule has 4 N–H and O–H groups in total. The van der Waals surface area contributed by atoms with E-state index in [9.17, 15) is 20.1 Å². The molecule has 1 saturated heterocycles. The smallest absolute Gasteiger partial charge is 0.256 e. The minimum atomic E-state index is -1.28. The number of aliphatic hydroxyl groups excluding tert-OH is 3. The van der Waals surface area contributed by atoms with Crippen LogP contribution < -0.4 is 10.1 Å². The summed E-state index contributed by atoms with van der Waals surface area (Å²) in [5.41, 5.74) is 0.979. The van der Waals surface area contributed by atoms with Crippen LogP contribution in [0.1, 0.15) is 16.6 Å². The molecule has 1 fully saturated rings. The molecule has 0 radical (unpaired) electrons. The van der Waals surface area contributed by atoms with Gasteiger partial charge >= 0.3 is 0 Å². The number of rotatable bonds is 5. The number of nitrogens with zero attached hydrogens (tertiary/aromatic N) is 4. The Bertz CT molecular complexity index is 1020. The van der Waals surface area contributed by atoms with Crippen LogP contribution in [-0.2, 0) is 4.74 Å². The summed E-state index contributed by atoms with van der Waals surface area (Å²) in [6.07, 6.45) is -1.85. The number of amides is 1. The van der Waals surface area contributed by atoms with Crippen molar-refractivity contribution in [2.45, 2.75) is 24.5 Å². The van der Waals surface area contributed by atoms with Gasteiger partial charge in [0.25, 0.3) is 5.91 Å². The van der Waals surface area contributed by atoms with E-state index in [1.165, 1.54) is 24.3 Å². The summed E-state index contributed by atoms with van der Waals surface area (Å²) >= 11 is 0. The summed E-state index contributed by atoms with van der Waals surface area (Å²) < 4.78 is 12.0. The predicted octanol–water partition coefficient (Wildman–Crippen LogP) is -0.301. The Balaban J connectivity index is 1.61. The van der Waals surface area contributed by atoms with Crippen LogP contribution in [0, 0.1) is 0 Å². The summed E-state index contributed by atoms with van der Waals surface area (Å²) in [6.45, 7) is -0.445. The first-order valence-corrected chi connectivity index (χ1v) is 8.79. The Labute approximate surface area is 164 Å². The average molecular weight is 401 g/mol. The third-order valence-electron chi connectivity index (χ3n) is 4.73. The van der Waals surface area contributed by atoms with E-state index >= 15 is 0 Å². The third-order valence-corrected chi connectivity index (χ3v) is 4.73. The molecule has 1 aliphatic rings. The van der Waals surface area contributed by atoms with Gasteiger partial charge in [-0.3, -0.25) is 9.36 Å². The van der Waals surface area contributed by atoms with Gasteiger partial charge in [-0.2, -0.15) is 0 Å².